The number of aryl methyl sites for hydroxylation is 2. The van der Waals surface area contributed by atoms with E-state index in [1.807, 2.05) is 36.1 Å². The van der Waals surface area contributed by atoms with Crippen molar-refractivity contribution in [3.63, 3.8) is 0 Å². The molecule has 5 nitrogen and oxygen atoms in total. The van der Waals surface area contributed by atoms with Crippen molar-refractivity contribution < 1.29 is 9.53 Å². The van der Waals surface area contributed by atoms with Crippen molar-refractivity contribution in [1.82, 2.24) is 9.88 Å². The maximum Gasteiger partial charge on any atom is 0.322 e. The second-order valence-corrected chi connectivity index (χ2v) is 8.99. The van der Waals surface area contributed by atoms with Crippen LogP contribution in [0.5, 0.6) is 5.75 Å². The Balaban J connectivity index is 1.57. The molecule has 1 atom stereocenters. The monoisotopic (exact) mass is 459 g/mol. The van der Waals surface area contributed by atoms with Gasteiger partial charge < -0.3 is 19.9 Å². The van der Waals surface area contributed by atoms with Gasteiger partial charge >= 0.3 is 6.03 Å². The molecule has 6 heteroatoms. The topological polar surface area (TPSA) is 57.4 Å². The molecule has 2 amide bonds. The Labute approximate surface area is 198 Å². The highest BCUT2D eigenvalue weighted by Gasteiger charge is 2.34. The highest BCUT2D eigenvalue weighted by atomic mass is 35.5. The van der Waals surface area contributed by atoms with E-state index in [0.717, 1.165) is 39.9 Å². The summed E-state index contributed by atoms with van der Waals surface area (Å²) in [6, 6.07) is 19.6. The number of benzene rings is 3. The van der Waals surface area contributed by atoms with E-state index in [1.165, 1.54) is 11.1 Å². The Morgan fingerprint density at radius 1 is 1.09 bits per heavy atom. The van der Waals surface area contributed by atoms with Gasteiger partial charge in [0.15, 0.2) is 0 Å². The van der Waals surface area contributed by atoms with Crippen LogP contribution in [-0.2, 0) is 6.42 Å². The van der Waals surface area contributed by atoms with Crippen molar-refractivity contribution in [3.8, 4) is 5.75 Å². The number of aromatic amines is 1. The van der Waals surface area contributed by atoms with Crippen molar-refractivity contribution >= 4 is 34.2 Å². The number of amides is 2. The second-order valence-electron chi connectivity index (χ2n) is 8.58. The number of hydrogen-bond acceptors (Lipinski definition) is 2. The number of methoxy groups -OCH3 is 1. The molecule has 4 aromatic rings. The van der Waals surface area contributed by atoms with Crippen LogP contribution in [0.3, 0.4) is 0 Å². The predicted molar refractivity (Wildman–Crippen MR) is 133 cm³/mol. The van der Waals surface area contributed by atoms with Crippen molar-refractivity contribution in [3.05, 3.63) is 93.6 Å². The third kappa shape index (κ3) is 3.93. The number of aromatic nitrogens is 1. The van der Waals surface area contributed by atoms with E-state index in [0.29, 0.717) is 17.3 Å². The molecule has 0 fully saturated rings. The van der Waals surface area contributed by atoms with Crippen molar-refractivity contribution in [2.75, 3.05) is 19.0 Å². The predicted octanol–water partition coefficient (Wildman–Crippen LogP) is 6.63. The van der Waals surface area contributed by atoms with E-state index >= 15 is 0 Å². The zero-order chi connectivity index (χ0) is 23.1. The van der Waals surface area contributed by atoms with Crippen LogP contribution in [0.4, 0.5) is 10.5 Å². The number of halogens is 1. The first-order valence-corrected chi connectivity index (χ1v) is 11.4. The van der Waals surface area contributed by atoms with Crippen molar-refractivity contribution in [2.24, 2.45) is 0 Å². The number of fused-ring (bicyclic) bond motifs is 3. The summed E-state index contributed by atoms with van der Waals surface area (Å²) >= 11 is 6.28. The van der Waals surface area contributed by atoms with Gasteiger partial charge in [0.1, 0.15) is 5.75 Å². The van der Waals surface area contributed by atoms with Crippen molar-refractivity contribution in [1.29, 1.82) is 0 Å². The van der Waals surface area contributed by atoms with Crippen LogP contribution in [0.25, 0.3) is 10.9 Å². The van der Waals surface area contributed by atoms with E-state index in [-0.39, 0.29) is 12.1 Å². The summed E-state index contributed by atoms with van der Waals surface area (Å²) in [6.45, 7) is 4.61. The van der Waals surface area contributed by atoms with Gasteiger partial charge in [-0.3, -0.25) is 0 Å². The smallest absolute Gasteiger partial charge is 0.322 e. The van der Waals surface area contributed by atoms with Crippen LogP contribution in [0.15, 0.2) is 60.7 Å². The van der Waals surface area contributed by atoms with E-state index < -0.39 is 0 Å². The van der Waals surface area contributed by atoms with Crippen LogP contribution < -0.4 is 10.1 Å². The van der Waals surface area contributed by atoms with E-state index in [9.17, 15) is 4.79 Å². The molecule has 0 spiro atoms. The lowest BCUT2D eigenvalue weighted by atomic mass is 9.92. The van der Waals surface area contributed by atoms with Gasteiger partial charge in [-0.1, -0.05) is 47.5 Å². The molecule has 0 unspecified atom stereocenters. The average molecular weight is 460 g/mol. The standard InChI is InChI=1S/C27H26ClN3O2/c1-16-4-7-18(8-5-16)26-25-21(22-15-20(33-3)10-11-24(22)30-25)12-13-31(26)27(32)29-19-9-6-17(2)23(28)14-19/h4-11,14-15,26,30H,12-13H2,1-3H3,(H,29,32)/t26-/m1/s1. The lowest BCUT2D eigenvalue weighted by Gasteiger charge is -2.36. The van der Waals surface area contributed by atoms with Gasteiger partial charge in [0.05, 0.1) is 13.2 Å². The molecule has 0 bridgehead atoms. The SMILES string of the molecule is COc1ccc2[nH]c3c(c2c1)CCN(C(=O)Nc1ccc(C)c(Cl)c1)[C@@H]3c1ccc(C)cc1. The molecule has 3 aromatic carbocycles. The molecule has 1 aliphatic heterocycles. The maximum atomic E-state index is 13.5. The Kier molecular flexibility index (Phi) is 5.51. The molecule has 0 saturated heterocycles. The number of ether oxygens (including phenoxy) is 1. The minimum atomic E-state index is -0.228. The van der Waals surface area contributed by atoms with Gasteiger partial charge in [-0.2, -0.15) is 0 Å². The number of hydrogen-bond donors (Lipinski definition) is 2. The fraction of sp³-hybridized carbons (Fsp3) is 0.222. The van der Waals surface area contributed by atoms with Gasteiger partial charge in [-0.15, -0.1) is 0 Å². The maximum absolute atomic E-state index is 13.5. The summed E-state index contributed by atoms with van der Waals surface area (Å²) in [5.74, 6) is 0.826. The first kappa shape index (κ1) is 21.4. The van der Waals surface area contributed by atoms with Crippen LogP contribution in [0.1, 0.15) is 34.0 Å². The summed E-state index contributed by atoms with van der Waals surface area (Å²) in [7, 11) is 1.68. The minimum Gasteiger partial charge on any atom is -0.497 e. The largest absolute Gasteiger partial charge is 0.497 e. The van der Waals surface area contributed by atoms with Gasteiger partial charge in [0, 0.05) is 33.9 Å². The molecular formula is C27H26ClN3O2. The third-order valence-electron chi connectivity index (χ3n) is 6.41. The number of anilines is 1. The number of nitrogens with zero attached hydrogens (tertiary/aromatic N) is 1. The fourth-order valence-corrected chi connectivity index (χ4v) is 4.76. The molecule has 2 heterocycles. The summed E-state index contributed by atoms with van der Waals surface area (Å²) in [4.78, 5) is 19.0. The average Bonchev–Trinajstić information content (AvgIpc) is 3.19. The number of urea groups is 1. The molecular weight excluding hydrogens is 434 g/mol. The van der Waals surface area contributed by atoms with Gasteiger partial charge in [0.25, 0.3) is 0 Å². The number of rotatable bonds is 3. The van der Waals surface area contributed by atoms with Crippen LogP contribution >= 0.6 is 11.6 Å². The van der Waals surface area contributed by atoms with Crippen LogP contribution in [0, 0.1) is 13.8 Å². The van der Waals surface area contributed by atoms with E-state index in [1.54, 1.807) is 13.2 Å². The zero-order valence-electron chi connectivity index (χ0n) is 18.9. The molecule has 5 rings (SSSR count). The zero-order valence-corrected chi connectivity index (χ0v) is 19.7. The Morgan fingerprint density at radius 3 is 2.61 bits per heavy atom. The molecule has 2 N–H and O–H groups in total. The Hall–Kier alpha value is -3.44. The second kappa shape index (κ2) is 8.49. The number of carbonyl (C=O) groups excluding carboxylic acids is 1. The summed E-state index contributed by atoms with van der Waals surface area (Å²) in [5, 5.41) is 4.82. The number of H-pyrrole nitrogens is 1. The third-order valence-corrected chi connectivity index (χ3v) is 6.82. The van der Waals surface area contributed by atoms with Crippen LogP contribution in [0.2, 0.25) is 5.02 Å². The van der Waals surface area contributed by atoms with Crippen molar-refractivity contribution in [2.45, 2.75) is 26.3 Å². The normalized spacial score (nSPS) is 15.4. The molecule has 33 heavy (non-hydrogen) atoms. The van der Waals surface area contributed by atoms with E-state index in [2.05, 4.69) is 47.6 Å². The minimum absolute atomic E-state index is 0.151. The fourth-order valence-electron chi connectivity index (χ4n) is 4.57. The molecule has 0 saturated carbocycles. The van der Waals surface area contributed by atoms with Gasteiger partial charge in [-0.25, -0.2) is 4.79 Å². The quantitative estimate of drug-likeness (QED) is 0.361. The van der Waals surface area contributed by atoms with E-state index in [4.69, 9.17) is 16.3 Å². The summed E-state index contributed by atoms with van der Waals surface area (Å²) in [5.41, 5.74) is 7.24. The Morgan fingerprint density at radius 2 is 1.88 bits per heavy atom. The molecule has 168 valence electrons. The highest BCUT2D eigenvalue weighted by molar-refractivity contribution is 6.31. The number of nitrogens with one attached hydrogen (secondary N) is 2. The lowest BCUT2D eigenvalue weighted by molar-refractivity contribution is 0.193. The summed E-state index contributed by atoms with van der Waals surface area (Å²) in [6.07, 6.45) is 0.757. The molecule has 1 aliphatic rings. The van der Waals surface area contributed by atoms with Gasteiger partial charge in [-0.05, 0) is 67.3 Å². The van der Waals surface area contributed by atoms with Gasteiger partial charge in [0.2, 0.25) is 0 Å². The number of carbonyl (C=O) groups is 1. The first-order valence-electron chi connectivity index (χ1n) is 11.0. The summed E-state index contributed by atoms with van der Waals surface area (Å²) < 4.78 is 5.45. The Bertz CT molecular complexity index is 1340. The lowest BCUT2D eigenvalue weighted by Crippen LogP contribution is -2.43. The first-order chi connectivity index (χ1) is 15.9. The van der Waals surface area contributed by atoms with Crippen LogP contribution in [-0.4, -0.2) is 29.6 Å². The molecule has 0 radical (unpaired) electrons. The molecule has 1 aromatic heterocycles. The molecule has 0 aliphatic carbocycles. The highest BCUT2D eigenvalue weighted by Crippen LogP contribution is 2.39.